The first-order valence-electron chi connectivity index (χ1n) is 8.26. The summed E-state index contributed by atoms with van der Waals surface area (Å²) >= 11 is 0. The average Bonchev–Trinajstić information content (AvgIpc) is 2.62. The van der Waals surface area contributed by atoms with Crippen LogP contribution in [0.2, 0.25) is 0 Å². The van der Waals surface area contributed by atoms with Gasteiger partial charge in [0.1, 0.15) is 0 Å². The van der Waals surface area contributed by atoms with Gasteiger partial charge in [-0.1, -0.05) is 68.4 Å². The molecule has 0 fully saturated rings. The Balaban J connectivity index is 1.85. The molecule has 130 valence electrons. The van der Waals surface area contributed by atoms with E-state index in [0.717, 1.165) is 11.1 Å². The Labute approximate surface area is 148 Å². The second-order valence-corrected chi connectivity index (χ2v) is 6.13. The molecule has 0 aromatic heterocycles. The highest BCUT2D eigenvalue weighted by atomic mass is 16.2. The molecule has 25 heavy (non-hydrogen) atoms. The van der Waals surface area contributed by atoms with Crippen LogP contribution in [0.4, 0.5) is 0 Å². The van der Waals surface area contributed by atoms with Crippen molar-refractivity contribution < 1.29 is 9.59 Å². The second-order valence-electron chi connectivity index (χ2n) is 6.13. The average molecular weight is 337 g/mol. The number of nitrogens with zero attached hydrogens (tertiary/aromatic N) is 1. The third-order valence-electron chi connectivity index (χ3n) is 3.84. The molecule has 0 aliphatic rings. The number of carbonyl (C=O) groups is 2. The Kier molecular flexibility index (Phi) is 6.46. The Bertz CT molecular complexity index is 737. The molecular formula is C20H23N3O2. The van der Waals surface area contributed by atoms with Crippen molar-refractivity contribution in [3.05, 3.63) is 71.3 Å². The van der Waals surface area contributed by atoms with E-state index in [4.69, 9.17) is 0 Å². The Morgan fingerprint density at radius 1 is 0.880 bits per heavy atom. The molecule has 0 aliphatic carbocycles. The van der Waals surface area contributed by atoms with Gasteiger partial charge < -0.3 is 5.32 Å². The minimum Gasteiger partial charge on any atom is -0.341 e. The number of carbonyl (C=O) groups excluding carboxylic acids is 2. The minimum atomic E-state index is -0.794. The zero-order valence-corrected chi connectivity index (χ0v) is 14.7. The molecule has 0 aliphatic heterocycles. The van der Waals surface area contributed by atoms with Gasteiger partial charge in [0.05, 0.1) is 12.3 Å². The summed E-state index contributed by atoms with van der Waals surface area (Å²) in [5, 5.41) is 6.47. The van der Waals surface area contributed by atoms with E-state index in [1.54, 1.807) is 0 Å². The van der Waals surface area contributed by atoms with Crippen LogP contribution in [0.1, 0.15) is 49.4 Å². The summed E-state index contributed by atoms with van der Waals surface area (Å²) in [6, 6.07) is 17.1. The fourth-order valence-electron chi connectivity index (χ4n) is 2.27. The number of benzene rings is 2. The third kappa shape index (κ3) is 5.57. The maximum absolute atomic E-state index is 11.9. The lowest BCUT2D eigenvalue weighted by molar-refractivity contribution is -0.139. The largest absolute Gasteiger partial charge is 0.341 e. The normalized spacial score (nSPS) is 12.2. The van der Waals surface area contributed by atoms with Gasteiger partial charge in [0.15, 0.2) is 0 Å². The molecule has 2 amide bonds. The van der Waals surface area contributed by atoms with Crippen molar-refractivity contribution in [1.29, 1.82) is 0 Å². The summed E-state index contributed by atoms with van der Waals surface area (Å²) in [6.45, 7) is 6.07. The summed E-state index contributed by atoms with van der Waals surface area (Å²) in [6.07, 6.45) is 1.51. The molecule has 0 bridgehead atoms. The summed E-state index contributed by atoms with van der Waals surface area (Å²) in [5.74, 6) is -1.05. The van der Waals surface area contributed by atoms with E-state index in [0.29, 0.717) is 5.92 Å². The molecule has 0 saturated heterocycles. The van der Waals surface area contributed by atoms with Gasteiger partial charge in [-0.05, 0) is 29.5 Å². The quantitative estimate of drug-likeness (QED) is 0.500. The molecule has 0 saturated carbocycles. The lowest BCUT2D eigenvalue weighted by atomic mass is 10.0. The molecule has 2 rings (SSSR count). The monoisotopic (exact) mass is 337 g/mol. The standard InChI is InChI=1S/C20H23N3O2/c1-14(2)17-11-9-16(10-12-17)13-21-23-20(25)19(24)22-15(3)18-7-5-4-6-8-18/h4-15H,1-3H3,(H,22,24)(H,23,25)/b21-13-/t15-/m0/s1. The third-order valence-corrected chi connectivity index (χ3v) is 3.84. The van der Waals surface area contributed by atoms with Gasteiger partial charge in [-0.2, -0.15) is 5.10 Å². The van der Waals surface area contributed by atoms with E-state index in [1.165, 1.54) is 11.8 Å². The van der Waals surface area contributed by atoms with Crippen molar-refractivity contribution in [3.8, 4) is 0 Å². The number of hydrazone groups is 1. The van der Waals surface area contributed by atoms with Crippen LogP contribution in [-0.4, -0.2) is 18.0 Å². The van der Waals surface area contributed by atoms with E-state index in [9.17, 15) is 9.59 Å². The molecule has 0 unspecified atom stereocenters. The number of nitrogens with one attached hydrogen (secondary N) is 2. The lowest BCUT2D eigenvalue weighted by Crippen LogP contribution is -2.39. The van der Waals surface area contributed by atoms with Crippen LogP contribution in [0.5, 0.6) is 0 Å². The number of rotatable bonds is 5. The van der Waals surface area contributed by atoms with Crippen molar-refractivity contribution in [2.75, 3.05) is 0 Å². The Hall–Kier alpha value is -2.95. The van der Waals surface area contributed by atoms with Crippen LogP contribution in [0.3, 0.4) is 0 Å². The van der Waals surface area contributed by atoms with Gasteiger partial charge in [-0.15, -0.1) is 0 Å². The lowest BCUT2D eigenvalue weighted by Gasteiger charge is -2.13. The van der Waals surface area contributed by atoms with E-state index in [-0.39, 0.29) is 6.04 Å². The van der Waals surface area contributed by atoms with Gasteiger partial charge >= 0.3 is 11.8 Å². The van der Waals surface area contributed by atoms with Crippen molar-refractivity contribution in [1.82, 2.24) is 10.7 Å². The van der Waals surface area contributed by atoms with Gasteiger partial charge in [-0.25, -0.2) is 5.43 Å². The van der Waals surface area contributed by atoms with Gasteiger partial charge in [0.25, 0.3) is 0 Å². The van der Waals surface area contributed by atoms with Crippen LogP contribution >= 0.6 is 0 Å². The smallest absolute Gasteiger partial charge is 0.329 e. The molecule has 1 atom stereocenters. The Morgan fingerprint density at radius 3 is 2.12 bits per heavy atom. The van der Waals surface area contributed by atoms with Crippen molar-refractivity contribution in [3.63, 3.8) is 0 Å². The molecule has 2 aromatic rings. The van der Waals surface area contributed by atoms with Crippen LogP contribution in [0, 0.1) is 0 Å². The van der Waals surface area contributed by atoms with E-state index in [1.807, 2.05) is 61.5 Å². The first-order valence-corrected chi connectivity index (χ1v) is 8.26. The first-order chi connectivity index (χ1) is 12.0. The van der Waals surface area contributed by atoms with Crippen molar-refractivity contribution in [2.45, 2.75) is 32.7 Å². The maximum atomic E-state index is 11.9. The zero-order chi connectivity index (χ0) is 18.2. The van der Waals surface area contributed by atoms with Crippen LogP contribution in [0.25, 0.3) is 0 Å². The molecule has 5 heteroatoms. The minimum absolute atomic E-state index is 0.257. The summed E-state index contributed by atoms with van der Waals surface area (Å²) in [5.41, 5.74) is 5.25. The second kappa shape index (κ2) is 8.78. The molecule has 0 spiro atoms. The van der Waals surface area contributed by atoms with Crippen molar-refractivity contribution >= 4 is 18.0 Å². The van der Waals surface area contributed by atoms with Gasteiger partial charge in [-0.3, -0.25) is 9.59 Å². The zero-order valence-electron chi connectivity index (χ0n) is 14.7. The van der Waals surface area contributed by atoms with Crippen LogP contribution in [0.15, 0.2) is 59.7 Å². The van der Waals surface area contributed by atoms with E-state index >= 15 is 0 Å². The topological polar surface area (TPSA) is 70.6 Å². The summed E-state index contributed by atoms with van der Waals surface area (Å²) < 4.78 is 0. The molecule has 2 N–H and O–H groups in total. The van der Waals surface area contributed by atoms with Crippen LogP contribution < -0.4 is 10.7 Å². The highest BCUT2D eigenvalue weighted by molar-refractivity contribution is 6.35. The molecule has 0 radical (unpaired) electrons. The molecule has 5 nitrogen and oxygen atoms in total. The van der Waals surface area contributed by atoms with Gasteiger partial charge in [0.2, 0.25) is 0 Å². The fraction of sp³-hybridized carbons (Fsp3) is 0.250. The predicted octanol–water partition coefficient (Wildman–Crippen LogP) is 3.14. The molecule has 0 heterocycles. The van der Waals surface area contributed by atoms with Crippen molar-refractivity contribution in [2.24, 2.45) is 5.10 Å². The summed E-state index contributed by atoms with van der Waals surface area (Å²) in [4.78, 5) is 23.7. The van der Waals surface area contributed by atoms with E-state index in [2.05, 4.69) is 29.7 Å². The highest BCUT2D eigenvalue weighted by Gasteiger charge is 2.16. The fourth-order valence-corrected chi connectivity index (χ4v) is 2.27. The van der Waals surface area contributed by atoms with Gasteiger partial charge in [0, 0.05) is 0 Å². The number of hydrogen-bond donors (Lipinski definition) is 2. The maximum Gasteiger partial charge on any atom is 0.329 e. The van der Waals surface area contributed by atoms with Crippen LogP contribution in [-0.2, 0) is 9.59 Å². The Morgan fingerprint density at radius 2 is 1.52 bits per heavy atom. The SMILES string of the molecule is CC(C)c1ccc(/C=N\NC(=O)C(=O)N[C@@H](C)c2ccccc2)cc1. The predicted molar refractivity (Wildman–Crippen MR) is 99.3 cm³/mol. The van der Waals surface area contributed by atoms with E-state index < -0.39 is 11.8 Å². The molecular weight excluding hydrogens is 314 g/mol. The number of hydrogen-bond acceptors (Lipinski definition) is 3. The summed E-state index contributed by atoms with van der Waals surface area (Å²) in [7, 11) is 0. The number of amides is 2. The highest BCUT2D eigenvalue weighted by Crippen LogP contribution is 2.14. The first kappa shape index (κ1) is 18.4. The molecule has 2 aromatic carbocycles.